The normalized spacial score (nSPS) is 11.9. The molecule has 0 N–H and O–H groups in total. The van der Waals surface area contributed by atoms with Gasteiger partial charge in [0.25, 0.3) is 0 Å². The molecule has 0 spiro atoms. The van der Waals surface area contributed by atoms with Crippen LogP contribution in [0.15, 0.2) is 182 Å². The fraction of sp³-hybridized carbons (Fsp3) is 0.0385. The van der Waals surface area contributed by atoms with Crippen molar-refractivity contribution < 1.29 is 0 Å². The molecule has 0 aliphatic heterocycles. The first-order valence-electron chi connectivity index (χ1n) is 18.7. The molecule has 2 heteroatoms. The van der Waals surface area contributed by atoms with Crippen LogP contribution in [0.5, 0.6) is 0 Å². The Morgan fingerprint density at radius 1 is 0.278 bits per heavy atom. The molecular formula is C52H36N2. The van der Waals surface area contributed by atoms with Gasteiger partial charge >= 0.3 is 0 Å². The van der Waals surface area contributed by atoms with E-state index >= 15 is 0 Å². The van der Waals surface area contributed by atoms with Crippen molar-refractivity contribution in [2.24, 2.45) is 14.1 Å². The van der Waals surface area contributed by atoms with Crippen LogP contribution in [0.3, 0.4) is 0 Å². The number of benzene rings is 9. The van der Waals surface area contributed by atoms with Crippen molar-refractivity contribution in [1.29, 1.82) is 0 Å². The van der Waals surface area contributed by atoms with Crippen LogP contribution in [0.4, 0.5) is 0 Å². The zero-order valence-corrected chi connectivity index (χ0v) is 30.2. The van der Waals surface area contributed by atoms with E-state index in [1.807, 2.05) is 0 Å². The van der Waals surface area contributed by atoms with Crippen LogP contribution in [0.25, 0.3) is 110 Å². The van der Waals surface area contributed by atoms with Crippen molar-refractivity contribution in [3.63, 3.8) is 0 Å². The molecule has 0 atom stereocenters. The Morgan fingerprint density at radius 3 is 1.20 bits per heavy atom. The molecule has 11 rings (SSSR count). The molecule has 0 fully saturated rings. The second-order valence-electron chi connectivity index (χ2n) is 14.5. The number of para-hydroxylation sites is 4. The molecule has 0 aliphatic rings. The summed E-state index contributed by atoms with van der Waals surface area (Å²) in [6.07, 6.45) is 0. The average molecular weight is 689 g/mol. The lowest BCUT2D eigenvalue weighted by Gasteiger charge is -2.20. The summed E-state index contributed by atoms with van der Waals surface area (Å²) < 4.78 is 4.75. The lowest BCUT2D eigenvalue weighted by molar-refractivity contribution is 1.02. The van der Waals surface area contributed by atoms with E-state index in [0.717, 1.165) is 0 Å². The Balaban J connectivity index is 1.30. The van der Waals surface area contributed by atoms with Crippen LogP contribution in [0.2, 0.25) is 0 Å². The maximum absolute atomic E-state index is 2.48. The average Bonchev–Trinajstić information content (AvgIpc) is 3.70. The molecule has 254 valence electrons. The predicted molar refractivity (Wildman–Crippen MR) is 231 cm³/mol. The quantitative estimate of drug-likeness (QED) is 0.163. The van der Waals surface area contributed by atoms with Gasteiger partial charge in [-0.25, -0.2) is 0 Å². The smallest absolute Gasteiger partial charge is 0.0568 e. The third-order valence-electron chi connectivity index (χ3n) is 11.8. The first-order valence-corrected chi connectivity index (χ1v) is 18.7. The predicted octanol–water partition coefficient (Wildman–Crippen LogP) is 14.0. The maximum atomic E-state index is 2.48. The maximum Gasteiger partial charge on any atom is 0.0568 e. The van der Waals surface area contributed by atoms with Gasteiger partial charge in [0.2, 0.25) is 0 Å². The van der Waals surface area contributed by atoms with Gasteiger partial charge in [0.15, 0.2) is 0 Å². The number of hydrogen-bond donors (Lipinski definition) is 0. The van der Waals surface area contributed by atoms with Crippen molar-refractivity contribution >= 4 is 65.2 Å². The molecule has 0 amide bonds. The van der Waals surface area contributed by atoms with Gasteiger partial charge in [0, 0.05) is 57.8 Å². The molecule has 11 aromatic rings. The fourth-order valence-electron chi connectivity index (χ4n) is 9.41. The third kappa shape index (κ3) is 4.34. The van der Waals surface area contributed by atoms with Crippen LogP contribution in [-0.2, 0) is 14.1 Å². The summed E-state index contributed by atoms with van der Waals surface area (Å²) in [7, 11) is 4.41. The van der Waals surface area contributed by atoms with Crippen LogP contribution in [0.1, 0.15) is 0 Å². The Morgan fingerprint density at radius 2 is 0.667 bits per heavy atom. The largest absolute Gasteiger partial charge is 0.343 e. The summed E-state index contributed by atoms with van der Waals surface area (Å²) in [5.74, 6) is 0. The van der Waals surface area contributed by atoms with E-state index in [1.165, 1.54) is 110 Å². The third-order valence-corrected chi connectivity index (χ3v) is 11.8. The summed E-state index contributed by atoms with van der Waals surface area (Å²) in [5, 5.41) is 10.1. The van der Waals surface area contributed by atoms with Crippen molar-refractivity contribution in [2.45, 2.75) is 0 Å². The van der Waals surface area contributed by atoms with Crippen molar-refractivity contribution in [1.82, 2.24) is 9.13 Å². The van der Waals surface area contributed by atoms with Crippen LogP contribution < -0.4 is 0 Å². The minimum atomic E-state index is 1.21. The van der Waals surface area contributed by atoms with Gasteiger partial charge in [-0.3, -0.25) is 0 Å². The van der Waals surface area contributed by atoms with E-state index < -0.39 is 0 Å². The molecule has 9 aromatic carbocycles. The summed E-state index contributed by atoms with van der Waals surface area (Å²) >= 11 is 0. The highest BCUT2D eigenvalue weighted by atomic mass is 14.9. The van der Waals surface area contributed by atoms with Crippen molar-refractivity contribution in [3.05, 3.63) is 182 Å². The number of hydrogen-bond acceptors (Lipinski definition) is 0. The zero-order valence-electron chi connectivity index (χ0n) is 30.2. The van der Waals surface area contributed by atoms with E-state index in [1.54, 1.807) is 0 Å². The van der Waals surface area contributed by atoms with E-state index in [-0.39, 0.29) is 0 Å². The highest BCUT2D eigenvalue weighted by Gasteiger charge is 2.21. The number of rotatable bonds is 4. The second-order valence-corrected chi connectivity index (χ2v) is 14.5. The van der Waals surface area contributed by atoms with Gasteiger partial charge in [-0.2, -0.15) is 0 Å². The molecule has 2 nitrogen and oxygen atoms in total. The molecule has 0 radical (unpaired) electrons. The zero-order chi connectivity index (χ0) is 35.9. The Labute approximate surface area is 313 Å². The SMILES string of the molecule is Cn1c2ccccc2c2cccc(-c3cccc4c(-c5ccccc5-c5ccccc5)c5cccc(-c6cccc7c8ccccc8n(C)c67)c5cc34)c21. The van der Waals surface area contributed by atoms with Gasteiger partial charge in [-0.15, -0.1) is 0 Å². The molecule has 54 heavy (non-hydrogen) atoms. The van der Waals surface area contributed by atoms with Gasteiger partial charge in [-0.1, -0.05) is 164 Å². The first kappa shape index (κ1) is 30.7. The van der Waals surface area contributed by atoms with Crippen LogP contribution in [-0.4, -0.2) is 9.13 Å². The van der Waals surface area contributed by atoms with Crippen molar-refractivity contribution in [2.75, 3.05) is 0 Å². The molecule has 0 saturated carbocycles. The standard InChI is InChI=1S/C52H36N2/c1-53-48-30-10-8-19-37(48)44-28-14-26-42(51(44)53)35-22-12-24-40-46(35)32-47-36(43-27-15-29-45-38-20-9-11-31-49(38)54(2)52(43)45)23-13-25-41(47)50(40)39-21-7-6-18-34(39)33-16-4-3-5-17-33/h3-32H,1-2H3. The highest BCUT2D eigenvalue weighted by Crippen LogP contribution is 2.48. The van der Waals surface area contributed by atoms with Gasteiger partial charge in [-0.05, 0) is 73.1 Å². The summed E-state index contributed by atoms with van der Waals surface area (Å²) in [6.45, 7) is 0. The minimum absolute atomic E-state index is 1.21. The van der Waals surface area contributed by atoms with E-state index in [9.17, 15) is 0 Å². The molecule has 2 aromatic heterocycles. The summed E-state index contributed by atoms with van der Waals surface area (Å²) in [5.41, 5.74) is 14.9. The van der Waals surface area contributed by atoms with Crippen LogP contribution in [0, 0.1) is 0 Å². The van der Waals surface area contributed by atoms with Gasteiger partial charge in [0.05, 0.1) is 11.0 Å². The first-order chi connectivity index (χ1) is 26.7. The Hall–Kier alpha value is -6.90. The van der Waals surface area contributed by atoms with Crippen molar-refractivity contribution in [3.8, 4) is 44.5 Å². The highest BCUT2D eigenvalue weighted by molar-refractivity contribution is 6.23. The summed E-state index contributed by atoms with van der Waals surface area (Å²) in [4.78, 5) is 0. The van der Waals surface area contributed by atoms with E-state index in [0.29, 0.717) is 0 Å². The van der Waals surface area contributed by atoms with Gasteiger partial charge in [0.1, 0.15) is 0 Å². The molecule has 2 heterocycles. The number of aromatic nitrogens is 2. The lowest BCUT2D eigenvalue weighted by atomic mass is 9.84. The number of fused-ring (bicyclic) bond motifs is 8. The topological polar surface area (TPSA) is 9.86 Å². The van der Waals surface area contributed by atoms with Gasteiger partial charge < -0.3 is 9.13 Å². The van der Waals surface area contributed by atoms with Crippen LogP contribution >= 0.6 is 0 Å². The monoisotopic (exact) mass is 688 g/mol. The second kappa shape index (κ2) is 11.8. The molecule has 0 unspecified atom stereocenters. The summed E-state index contributed by atoms with van der Waals surface area (Å²) in [6, 6.07) is 67.2. The molecule has 0 saturated heterocycles. The Kier molecular flexibility index (Phi) is 6.72. The number of nitrogens with zero attached hydrogens (tertiary/aromatic N) is 2. The number of aryl methyl sites for hydroxylation is 2. The fourth-order valence-corrected chi connectivity index (χ4v) is 9.41. The molecule has 0 aliphatic carbocycles. The Bertz CT molecular complexity index is 3110. The van der Waals surface area contributed by atoms with E-state index in [2.05, 4.69) is 205 Å². The lowest BCUT2D eigenvalue weighted by Crippen LogP contribution is -1.95. The molecule has 0 bridgehead atoms. The minimum Gasteiger partial charge on any atom is -0.343 e. The van der Waals surface area contributed by atoms with E-state index in [4.69, 9.17) is 0 Å². The molecular weight excluding hydrogens is 653 g/mol.